The quantitative estimate of drug-likeness (QED) is 0.719. The molecule has 0 saturated carbocycles. The number of ketones is 1. The van der Waals surface area contributed by atoms with Gasteiger partial charge < -0.3 is 5.11 Å². The molecule has 4 heteroatoms. The summed E-state index contributed by atoms with van der Waals surface area (Å²) in [5.74, 6) is -1.27. The molecule has 0 unspecified atom stereocenters. The van der Waals surface area contributed by atoms with Crippen molar-refractivity contribution in [3.8, 4) is 0 Å². The number of Topliss-reactive ketones (excluding diaryl/α,β-unsaturated/α-hetero) is 1. The number of thioether (sulfide) groups is 1. The van der Waals surface area contributed by atoms with Crippen molar-refractivity contribution in [2.45, 2.75) is 38.9 Å². The molecule has 0 fully saturated rings. The first-order chi connectivity index (χ1) is 6.22. The van der Waals surface area contributed by atoms with E-state index in [2.05, 4.69) is 0 Å². The third kappa shape index (κ3) is 2.29. The van der Waals surface area contributed by atoms with Gasteiger partial charge >= 0.3 is 5.97 Å². The van der Waals surface area contributed by atoms with E-state index in [4.69, 9.17) is 5.11 Å². The summed E-state index contributed by atoms with van der Waals surface area (Å²) in [5, 5.41) is 9.02. The van der Waals surface area contributed by atoms with E-state index in [9.17, 15) is 9.59 Å². The summed E-state index contributed by atoms with van der Waals surface area (Å²) in [6.07, 6.45) is 2.30. The van der Waals surface area contributed by atoms with Crippen molar-refractivity contribution < 1.29 is 14.7 Å². The molecule has 14 heavy (non-hydrogen) atoms. The lowest BCUT2D eigenvalue weighted by Crippen LogP contribution is -2.47. The fraction of sp³-hybridized carbons (Fsp3) is 0.800. The van der Waals surface area contributed by atoms with Crippen molar-refractivity contribution in [1.29, 1.82) is 0 Å². The summed E-state index contributed by atoms with van der Waals surface area (Å²) in [4.78, 5) is 23.0. The Hall–Kier alpha value is -0.510. The lowest BCUT2D eigenvalue weighted by atomic mass is 9.79. The van der Waals surface area contributed by atoms with Crippen LogP contribution in [0.2, 0.25) is 0 Å². The van der Waals surface area contributed by atoms with Crippen LogP contribution < -0.4 is 0 Å². The van der Waals surface area contributed by atoms with E-state index in [1.807, 2.05) is 6.92 Å². The third-order valence-electron chi connectivity index (χ3n) is 2.75. The molecule has 0 amide bonds. The van der Waals surface area contributed by atoms with Crippen LogP contribution in [0.25, 0.3) is 0 Å². The van der Waals surface area contributed by atoms with Gasteiger partial charge in [0, 0.05) is 5.41 Å². The van der Waals surface area contributed by atoms with Gasteiger partial charge in [-0.15, -0.1) is 11.8 Å². The number of carbonyl (C=O) groups excluding carboxylic acids is 1. The highest BCUT2D eigenvalue weighted by Crippen LogP contribution is 2.34. The molecule has 0 rings (SSSR count). The van der Waals surface area contributed by atoms with Gasteiger partial charge in [0.15, 0.2) is 10.5 Å². The standard InChI is InChI=1S/C10H18O3S/c1-6-9(2,3)7(11)10(4,14-5)8(12)13/h6H2,1-5H3,(H,12,13)/t10-/m0/s1. The van der Waals surface area contributed by atoms with Crippen LogP contribution in [0.1, 0.15) is 34.1 Å². The first kappa shape index (κ1) is 13.5. The molecule has 0 heterocycles. The molecule has 82 valence electrons. The van der Waals surface area contributed by atoms with Crippen LogP contribution in [0, 0.1) is 5.41 Å². The minimum absolute atomic E-state index is 0.215. The summed E-state index contributed by atoms with van der Waals surface area (Å²) in [6, 6.07) is 0. The van der Waals surface area contributed by atoms with Gasteiger partial charge in [0.05, 0.1) is 0 Å². The summed E-state index contributed by atoms with van der Waals surface area (Å²) >= 11 is 1.08. The predicted octanol–water partition coefficient (Wildman–Crippen LogP) is 2.20. The van der Waals surface area contributed by atoms with E-state index in [0.717, 1.165) is 11.8 Å². The molecular formula is C10H18O3S. The molecule has 1 N–H and O–H groups in total. The maximum absolute atomic E-state index is 12.0. The fourth-order valence-electron chi connectivity index (χ4n) is 1.08. The van der Waals surface area contributed by atoms with Gasteiger partial charge in [0.25, 0.3) is 0 Å². The highest BCUT2D eigenvalue weighted by atomic mass is 32.2. The van der Waals surface area contributed by atoms with Crippen LogP contribution in [0.15, 0.2) is 0 Å². The Morgan fingerprint density at radius 2 is 1.71 bits per heavy atom. The van der Waals surface area contributed by atoms with Gasteiger partial charge in [-0.05, 0) is 19.6 Å². The molecule has 0 aromatic heterocycles. The highest BCUT2D eigenvalue weighted by Gasteiger charge is 2.46. The highest BCUT2D eigenvalue weighted by molar-refractivity contribution is 8.01. The Balaban J connectivity index is 5.08. The zero-order valence-electron chi connectivity index (χ0n) is 9.38. The van der Waals surface area contributed by atoms with Crippen LogP contribution in [0.4, 0.5) is 0 Å². The van der Waals surface area contributed by atoms with Crippen LogP contribution >= 0.6 is 11.8 Å². The molecule has 0 bridgehead atoms. The number of carboxylic acids is 1. The van der Waals surface area contributed by atoms with Crippen molar-refractivity contribution in [2.75, 3.05) is 6.26 Å². The smallest absolute Gasteiger partial charge is 0.327 e. The van der Waals surface area contributed by atoms with E-state index >= 15 is 0 Å². The monoisotopic (exact) mass is 218 g/mol. The number of carbonyl (C=O) groups is 2. The van der Waals surface area contributed by atoms with E-state index in [1.165, 1.54) is 6.92 Å². The second-order valence-corrected chi connectivity index (χ2v) is 5.33. The number of carboxylic acid groups (broad SMARTS) is 1. The zero-order valence-corrected chi connectivity index (χ0v) is 10.2. The molecule has 0 saturated heterocycles. The van der Waals surface area contributed by atoms with Crippen molar-refractivity contribution in [3.05, 3.63) is 0 Å². The topological polar surface area (TPSA) is 54.4 Å². The lowest BCUT2D eigenvalue weighted by Gasteiger charge is -2.30. The Morgan fingerprint density at radius 3 is 1.93 bits per heavy atom. The average Bonchev–Trinajstić information content (AvgIpc) is 2.15. The molecule has 3 nitrogen and oxygen atoms in total. The number of hydrogen-bond acceptors (Lipinski definition) is 3. The van der Waals surface area contributed by atoms with Crippen molar-refractivity contribution in [3.63, 3.8) is 0 Å². The molecule has 0 aromatic rings. The van der Waals surface area contributed by atoms with Crippen molar-refractivity contribution >= 4 is 23.5 Å². The fourth-order valence-corrected chi connectivity index (χ4v) is 1.72. The number of rotatable bonds is 5. The molecule has 0 radical (unpaired) electrons. The minimum Gasteiger partial charge on any atom is -0.480 e. The van der Waals surface area contributed by atoms with Crippen molar-refractivity contribution in [1.82, 2.24) is 0 Å². The first-order valence-corrected chi connectivity index (χ1v) is 5.78. The molecule has 0 aliphatic heterocycles. The van der Waals surface area contributed by atoms with Crippen LogP contribution in [-0.4, -0.2) is 27.9 Å². The van der Waals surface area contributed by atoms with Crippen LogP contribution in [0.3, 0.4) is 0 Å². The molecular weight excluding hydrogens is 200 g/mol. The normalized spacial score (nSPS) is 16.1. The second kappa shape index (κ2) is 4.34. The first-order valence-electron chi connectivity index (χ1n) is 4.55. The summed E-state index contributed by atoms with van der Waals surface area (Å²) in [7, 11) is 0. The van der Waals surface area contributed by atoms with E-state index in [1.54, 1.807) is 20.1 Å². The lowest BCUT2D eigenvalue weighted by molar-refractivity contribution is -0.146. The molecule has 0 aromatic carbocycles. The predicted molar refractivity (Wildman–Crippen MR) is 58.6 cm³/mol. The third-order valence-corrected chi connectivity index (χ3v) is 3.92. The molecule has 0 aliphatic carbocycles. The van der Waals surface area contributed by atoms with Gasteiger partial charge in [-0.2, -0.15) is 0 Å². The Kier molecular flexibility index (Phi) is 4.18. The van der Waals surface area contributed by atoms with Gasteiger partial charge in [-0.3, -0.25) is 9.59 Å². The van der Waals surface area contributed by atoms with E-state index in [0.29, 0.717) is 6.42 Å². The van der Waals surface area contributed by atoms with E-state index in [-0.39, 0.29) is 5.78 Å². The maximum atomic E-state index is 12.0. The summed E-state index contributed by atoms with van der Waals surface area (Å²) in [6.45, 7) is 6.93. The molecule has 1 atom stereocenters. The van der Waals surface area contributed by atoms with Crippen LogP contribution in [0.5, 0.6) is 0 Å². The summed E-state index contributed by atoms with van der Waals surface area (Å²) in [5.41, 5.74) is -0.573. The van der Waals surface area contributed by atoms with E-state index < -0.39 is 16.1 Å². The van der Waals surface area contributed by atoms with Gasteiger partial charge in [-0.1, -0.05) is 20.8 Å². The second-order valence-electron chi connectivity index (χ2n) is 4.11. The Bertz CT molecular complexity index is 248. The summed E-state index contributed by atoms with van der Waals surface area (Å²) < 4.78 is -1.32. The van der Waals surface area contributed by atoms with Gasteiger partial charge in [0.2, 0.25) is 0 Å². The number of hydrogen-bond donors (Lipinski definition) is 1. The van der Waals surface area contributed by atoms with Crippen LogP contribution in [-0.2, 0) is 9.59 Å². The zero-order chi connectivity index (χ0) is 11.6. The van der Waals surface area contributed by atoms with Gasteiger partial charge in [-0.25, -0.2) is 0 Å². The SMILES string of the molecule is CCC(C)(C)C(=O)[C@](C)(SC)C(=O)O. The number of aliphatic carboxylic acids is 1. The van der Waals surface area contributed by atoms with Crippen molar-refractivity contribution in [2.24, 2.45) is 5.41 Å². The average molecular weight is 218 g/mol. The van der Waals surface area contributed by atoms with Gasteiger partial charge in [0.1, 0.15) is 0 Å². The maximum Gasteiger partial charge on any atom is 0.327 e. The molecule has 0 aliphatic rings. The molecule has 0 spiro atoms. The minimum atomic E-state index is -1.32. The Morgan fingerprint density at radius 1 is 1.29 bits per heavy atom. The largest absolute Gasteiger partial charge is 0.480 e. The Labute approximate surface area is 89.3 Å².